The number of anilines is 2. The summed E-state index contributed by atoms with van der Waals surface area (Å²) in [6.45, 7) is 0. The smallest absolute Gasteiger partial charge is 0.293 e. The molecule has 6 heteroatoms. The number of benzene rings is 3. The summed E-state index contributed by atoms with van der Waals surface area (Å²) in [5.74, 6) is -0.129. The van der Waals surface area contributed by atoms with E-state index in [1.807, 2.05) is 36.4 Å². The van der Waals surface area contributed by atoms with Crippen molar-refractivity contribution in [2.45, 2.75) is 0 Å². The highest BCUT2D eigenvalue weighted by Gasteiger charge is 2.22. The van der Waals surface area contributed by atoms with E-state index in [1.54, 1.807) is 55.7 Å². The molecule has 0 fully saturated rings. The molecule has 2 N–H and O–H groups in total. The van der Waals surface area contributed by atoms with Crippen LogP contribution in [-0.4, -0.2) is 18.9 Å². The monoisotopic (exact) mass is 412 g/mol. The number of carbonyl (C=O) groups excluding carboxylic acids is 2. The third-order valence-electron chi connectivity index (χ3n) is 4.62. The fraction of sp³-hybridized carbons (Fsp3) is 0.0400. The van der Waals surface area contributed by atoms with Crippen molar-refractivity contribution >= 4 is 40.2 Å². The Labute approximate surface area is 179 Å². The fourth-order valence-electron chi connectivity index (χ4n) is 3.09. The summed E-state index contributed by atoms with van der Waals surface area (Å²) in [6.07, 6.45) is 3.12. The second-order valence-corrected chi connectivity index (χ2v) is 6.72. The van der Waals surface area contributed by atoms with E-state index in [-0.39, 0.29) is 11.7 Å². The molecule has 0 aliphatic heterocycles. The van der Waals surface area contributed by atoms with Crippen molar-refractivity contribution < 1.29 is 18.7 Å². The zero-order chi connectivity index (χ0) is 21.6. The summed E-state index contributed by atoms with van der Waals surface area (Å²) in [5, 5.41) is 6.22. The van der Waals surface area contributed by atoms with Crippen LogP contribution in [0, 0.1) is 0 Å². The normalized spacial score (nSPS) is 10.9. The first kappa shape index (κ1) is 20.0. The van der Waals surface area contributed by atoms with Gasteiger partial charge in [0.05, 0.1) is 7.11 Å². The van der Waals surface area contributed by atoms with Crippen molar-refractivity contribution in [3.8, 4) is 5.75 Å². The largest absolute Gasteiger partial charge is 0.497 e. The quantitative estimate of drug-likeness (QED) is 0.419. The van der Waals surface area contributed by atoms with Gasteiger partial charge in [-0.1, -0.05) is 42.5 Å². The Morgan fingerprint density at radius 1 is 0.871 bits per heavy atom. The number of amides is 2. The van der Waals surface area contributed by atoms with Gasteiger partial charge in [-0.2, -0.15) is 0 Å². The Bertz CT molecular complexity index is 1240. The minimum atomic E-state index is -0.469. The summed E-state index contributed by atoms with van der Waals surface area (Å²) in [5.41, 5.74) is 2.30. The van der Waals surface area contributed by atoms with Crippen molar-refractivity contribution in [1.82, 2.24) is 0 Å². The van der Waals surface area contributed by atoms with Gasteiger partial charge in [-0.25, -0.2) is 0 Å². The van der Waals surface area contributed by atoms with E-state index in [4.69, 9.17) is 9.15 Å². The molecule has 1 aromatic heterocycles. The van der Waals surface area contributed by atoms with Gasteiger partial charge in [0.1, 0.15) is 17.0 Å². The summed E-state index contributed by atoms with van der Waals surface area (Å²) in [4.78, 5) is 25.5. The predicted molar refractivity (Wildman–Crippen MR) is 121 cm³/mol. The first-order valence-electron chi connectivity index (χ1n) is 9.65. The van der Waals surface area contributed by atoms with Gasteiger partial charge in [0, 0.05) is 17.1 Å². The van der Waals surface area contributed by atoms with E-state index >= 15 is 0 Å². The number of carbonyl (C=O) groups is 2. The number of para-hydroxylation sites is 1. The standard InChI is InChI=1S/C25H20N2O4/c1-30-19-14-12-18(13-15-19)26-25(29)24-23(20-9-5-6-10-21(20)31-24)27-22(28)16-11-17-7-3-2-4-8-17/h2-16H,1H3,(H,26,29)(H,27,28). The summed E-state index contributed by atoms with van der Waals surface area (Å²) in [7, 11) is 1.57. The van der Waals surface area contributed by atoms with Crippen LogP contribution in [0.4, 0.5) is 11.4 Å². The van der Waals surface area contributed by atoms with E-state index in [1.165, 1.54) is 6.08 Å². The number of hydrogen-bond acceptors (Lipinski definition) is 4. The number of methoxy groups -OCH3 is 1. The van der Waals surface area contributed by atoms with Crippen molar-refractivity contribution in [1.29, 1.82) is 0 Å². The third-order valence-corrected chi connectivity index (χ3v) is 4.62. The molecule has 0 saturated heterocycles. The van der Waals surface area contributed by atoms with E-state index in [9.17, 15) is 9.59 Å². The van der Waals surface area contributed by atoms with Crippen molar-refractivity contribution in [2.75, 3.05) is 17.7 Å². The van der Waals surface area contributed by atoms with Crippen LogP contribution < -0.4 is 15.4 Å². The average Bonchev–Trinajstić information content (AvgIpc) is 3.17. The molecule has 31 heavy (non-hydrogen) atoms. The Hall–Kier alpha value is -4.32. The maximum absolute atomic E-state index is 12.9. The molecule has 6 nitrogen and oxygen atoms in total. The number of furan rings is 1. The molecule has 0 unspecified atom stereocenters. The molecule has 0 saturated carbocycles. The van der Waals surface area contributed by atoms with Crippen LogP contribution in [0.25, 0.3) is 17.0 Å². The Kier molecular flexibility index (Phi) is 5.80. The molecular weight excluding hydrogens is 392 g/mol. The molecule has 1 heterocycles. The molecule has 3 aromatic carbocycles. The molecular formula is C25H20N2O4. The molecule has 0 aliphatic rings. The van der Waals surface area contributed by atoms with Crippen LogP contribution in [0.3, 0.4) is 0 Å². The SMILES string of the molecule is COc1ccc(NC(=O)c2oc3ccccc3c2NC(=O)C=Cc2ccccc2)cc1. The lowest BCUT2D eigenvalue weighted by atomic mass is 10.2. The zero-order valence-electron chi connectivity index (χ0n) is 16.8. The van der Waals surface area contributed by atoms with E-state index in [2.05, 4.69) is 10.6 Å². The predicted octanol–water partition coefficient (Wildman–Crippen LogP) is 5.35. The van der Waals surface area contributed by atoms with Gasteiger partial charge in [-0.05, 0) is 48.0 Å². The summed E-state index contributed by atoms with van der Waals surface area (Å²) >= 11 is 0. The molecule has 0 atom stereocenters. The lowest BCUT2D eigenvalue weighted by Gasteiger charge is -2.07. The van der Waals surface area contributed by atoms with Crippen LogP contribution in [-0.2, 0) is 4.79 Å². The topological polar surface area (TPSA) is 80.6 Å². The van der Waals surface area contributed by atoms with Gasteiger partial charge in [-0.3, -0.25) is 9.59 Å². The maximum Gasteiger partial charge on any atom is 0.293 e. The van der Waals surface area contributed by atoms with Gasteiger partial charge >= 0.3 is 0 Å². The van der Waals surface area contributed by atoms with Crippen LogP contribution in [0.5, 0.6) is 5.75 Å². The summed E-state index contributed by atoms with van der Waals surface area (Å²) < 4.78 is 10.9. The highest BCUT2D eigenvalue weighted by molar-refractivity contribution is 6.16. The Morgan fingerprint density at radius 2 is 1.58 bits per heavy atom. The molecule has 4 aromatic rings. The number of nitrogens with one attached hydrogen (secondary N) is 2. The van der Waals surface area contributed by atoms with E-state index < -0.39 is 5.91 Å². The summed E-state index contributed by atoms with van der Waals surface area (Å²) in [6, 6.07) is 23.6. The Balaban J connectivity index is 1.59. The van der Waals surface area contributed by atoms with Gasteiger partial charge < -0.3 is 19.8 Å². The van der Waals surface area contributed by atoms with Crippen LogP contribution in [0.15, 0.2) is 89.4 Å². The van der Waals surface area contributed by atoms with Gasteiger partial charge in [0.15, 0.2) is 0 Å². The second-order valence-electron chi connectivity index (χ2n) is 6.72. The number of ether oxygens (including phenoxy) is 1. The molecule has 4 rings (SSSR count). The lowest BCUT2D eigenvalue weighted by molar-refractivity contribution is -0.111. The molecule has 0 spiro atoms. The van der Waals surface area contributed by atoms with Crippen molar-refractivity contribution in [3.63, 3.8) is 0 Å². The van der Waals surface area contributed by atoms with Crippen LogP contribution >= 0.6 is 0 Å². The average molecular weight is 412 g/mol. The first-order valence-corrected chi connectivity index (χ1v) is 9.65. The van der Waals surface area contributed by atoms with Crippen molar-refractivity contribution in [3.05, 3.63) is 96.3 Å². The van der Waals surface area contributed by atoms with Crippen LogP contribution in [0.2, 0.25) is 0 Å². The number of rotatable bonds is 6. The second kappa shape index (κ2) is 9.00. The minimum absolute atomic E-state index is 0.0264. The van der Waals surface area contributed by atoms with Crippen LogP contribution in [0.1, 0.15) is 16.1 Å². The van der Waals surface area contributed by atoms with Gasteiger partial charge in [0.25, 0.3) is 5.91 Å². The number of hydrogen-bond donors (Lipinski definition) is 2. The fourth-order valence-corrected chi connectivity index (χ4v) is 3.09. The molecule has 0 aliphatic carbocycles. The number of fused-ring (bicyclic) bond motifs is 1. The minimum Gasteiger partial charge on any atom is -0.497 e. The third kappa shape index (κ3) is 4.64. The Morgan fingerprint density at radius 3 is 2.32 bits per heavy atom. The maximum atomic E-state index is 12.9. The molecule has 0 radical (unpaired) electrons. The molecule has 2 amide bonds. The first-order chi connectivity index (χ1) is 15.1. The highest BCUT2D eigenvalue weighted by Crippen LogP contribution is 2.31. The van der Waals surface area contributed by atoms with E-state index in [0.717, 1.165) is 5.56 Å². The lowest BCUT2D eigenvalue weighted by Crippen LogP contribution is -2.15. The van der Waals surface area contributed by atoms with Gasteiger partial charge in [0.2, 0.25) is 11.7 Å². The van der Waals surface area contributed by atoms with Crippen molar-refractivity contribution in [2.24, 2.45) is 0 Å². The van der Waals surface area contributed by atoms with E-state index in [0.29, 0.717) is 28.1 Å². The van der Waals surface area contributed by atoms with Gasteiger partial charge in [-0.15, -0.1) is 0 Å². The molecule has 0 bridgehead atoms. The molecule has 154 valence electrons. The highest BCUT2D eigenvalue weighted by atomic mass is 16.5. The zero-order valence-corrected chi connectivity index (χ0v) is 16.8.